The molecule has 10 nitrogen and oxygen atoms in total. The summed E-state index contributed by atoms with van der Waals surface area (Å²) in [6.45, 7) is 3.29. The van der Waals surface area contributed by atoms with Crippen molar-refractivity contribution in [2.24, 2.45) is 5.10 Å². The van der Waals surface area contributed by atoms with Gasteiger partial charge in [-0.05, 0) is 60.9 Å². The van der Waals surface area contributed by atoms with Gasteiger partial charge in [-0.1, -0.05) is 42.8 Å². The molecule has 0 atom stereocenters. The van der Waals surface area contributed by atoms with Crippen molar-refractivity contribution in [2.45, 2.75) is 25.2 Å². The maximum atomic E-state index is 13.6. The highest BCUT2D eigenvalue weighted by atomic mass is 32.2. The zero-order chi connectivity index (χ0) is 27.7. The number of carbonyl (C=O) groups is 2. The lowest BCUT2D eigenvalue weighted by Crippen LogP contribution is -2.40. The lowest BCUT2D eigenvalue weighted by molar-refractivity contribution is -0.119. The van der Waals surface area contributed by atoms with E-state index in [0.29, 0.717) is 17.7 Å². The molecule has 3 rings (SSSR count). The third kappa shape index (κ3) is 6.88. The van der Waals surface area contributed by atoms with Gasteiger partial charge in [0.2, 0.25) is 0 Å². The van der Waals surface area contributed by atoms with Crippen LogP contribution in [-0.2, 0) is 26.0 Å². The van der Waals surface area contributed by atoms with E-state index in [1.54, 1.807) is 36.4 Å². The molecule has 0 unspecified atom stereocenters. The van der Waals surface area contributed by atoms with E-state index >= 15 is 0 Å². The fourth-order valence-electron chi connectivity index (χ4n) is 3.52. The molecule has 38 heavy (non-hydrogen) atoms. The molecule has 200 valence electrons. The zero-order valence-corrected chi connectivity index (χ0v) is 22.3. The Balaban J connectivity index is 1.82. The summed E-state index contributed by atoms with van der Waals surface area (Å²) in [7, 11) is -1.46. The minimum atomic E-state index is -4.05. The van der Waals surface area contributed by atoms with Crippen molar-refractivity contribution in [3.05, 3.63) is 83.4 Å². The van der Waals surface area contributed by atoms with Crippen LogP contribution >= 0.6 is 0 Å². The van der Waals surface area contributed by atoms with Gasteiger partial charge in [0.15, 0.2) is 11.5 Å². The van der Waals surface area contributed by atoms with Crippen molar-refractivity contribution in [3.63, 3.8) is 0 Å². The quantitative estimate of drug-likeness (QED) is 0.178. The molecule has 0 spiro atoms. The van der Waals surface area contributed by atoms with Crippen LogP contribution in [0, 0.1) is 6.92 Å². The first-order valence-electron chi connectivity index (χ1n) is 11.6. The Kier molecular flexibility index (Phi) is 9.44. The molecule has 0 radical (unpaired) electrons. The fraction of sp³-hybridized carbons (Fsp3) is 0.222. The van der Waals surface area contributed by atoms with E-state index in [1.807, 2.05) is 26.0 Å². The first-order valence-corrected chi connectivity index (χ1v) is 13.1. The first kappa shape index (κ1) is 28.2. The molecule has 1 amide bonds. The van der Waals surface area contributed by atoms with Crippen LogP contribution in [0.5, 0.6) is 11.5 Å². The summed E-state index contributed by atoms with van der Waals surface area (Å²) in [5.41, 5.74) is 5.01. The number of carbonyl (C=O) groups excluding carboxylic acids is 2. The molecule has 0 fully saturated rings. The van der Waals surface area contributed by atoms with Crippen LogP contribution in [-0.4, -0.2) is 47.5 Å². The summed E-state index contributed by atoms with van der Waals surface area (Å²) in [4.78, 5) is 24.3. The second-order valence-corrected chi connectivity index (χ2v) is 9.93. The van der Waals surface area contributed by atoms with Gasteiger partial charge in [-0.25, -0.2) is 18.6 Å². The van der Waals surface area contributed by atoms with Gasteiger partial charge < -0.3 is 14.2 Å². The Labute approximate surface area is 221 Å². The lowest BCUT2D eigenvalue weighted by atomic mass is 10.1. The molecular formula is C27H29N3O7S. The molecule has 0 aromatic heterocycles. The highest BCUT2D eigenvalue weighted by Gasteiger charge is 2.28. The number of hydrogen-bond acceptors (Lipinski definition) is 8. The largest absolute Gasteiger partial charge is 0.513 e. The number of ether oxygens (including phenoxy) is 3. The molecule has 3 aromatic rings. The number of anilines is 1. The normalized spacial score (nSPS) is 11.2. The second kappa shape index (κ2) is 12.7. The van der Waals surface area contributed by atoms with E-state index in [9.17, 15) is 18.0 Å². The van der Waals surface area contributed by atoms with Crippen LogP contribution in [0.15, 0.2) is 76.7 Å². The van der Waals surface area contributed by atoms with Gasteiger partial charge in [-0.15, -0.1) is 0 Å². The number of nitrogens with one attached hydrogen (secondary N) is 1. The van der Waals surface area contributed by atoms with Crippen molar-refractivity contribution in [1.29, 1.82) is 0 Å². The Morgan fingerprint density at radius 1 is 1.00 bits per heavy atom. The molecule has 11 heteroatoms. The third-order valence-electron chi connectivity index (χ3n) is 5.49. The van der Waals surface area contributed by atoms with Crippen molar-refractivity contribution in [2.75, 3.05) is 25.1 Å². The van der Waals surface area contributed by atoms with Crippen LogP contribution < -0.4 is 19.2 Å². The van der Waals surface area contributed by atoms with Crippen molar-refractivity contribution >= 4 is 34.0 Å². The van der Waals surface area contributed by atoms with Crippen LogP contribution in [0.4, 0.5) is 10.5 Å². The smallest absolute Gasteiger partial charge is 0.493 e. The topological polar surface area (TPSA) is 124 Å². The van der Waals surface area contributed by atoms with Gasteiger partial charge in [0, 0.05) is 0 Å². The monoisotopic (exact) mass is 539 g/mol. The molecule has 0 heterocycles. The summed E-state index contributed by atoms with van der Waals surface area (Å²) >= 11 is 0. The van der Waals surface area contributed by atoms with E-state index in [1.165, 1.54) is 38.6 Å². The maximum absolute atomic E-state index is 13.6. The highest BCUT2D eigenvalue weighted by Crippen LogP contribution is 2.29. The van der Waals surface area contributed by atoms with Gasteiger partial charge in [0.25, 0.3) is 15.9 Å². The van der Waals surface area contributed by atoms with E-state index in [0.717, 1.165) is 15.4 Å². The van der Waals surface area contributed by atoms with Gasteiger partial charge >= 0.3 is 6.16 Å². The summed E-state index contributed by atoms with van der Waals surface area (Å²) < 4.78 is 43.0. The second-order valence-electron chi connectivity index (χ2n) is 8.07. The maximum Gasteiger partial charge on any atom is 0.513 e. The summed E-state index contributed by atoms with van der Waals surface area (Å²) in [5, 5.41) is 3.95. The zero-order valence-electron chi connectivity index (χ0n) is 21.5. The minimum Gasteiger partial charge on any atom is -0.493 e. The van der Waals surface area contributed by atoms with E-state index < -0.39 is 28.6 Å². The number of hydrazone groups is 1. The third-order valence-corrected chi connectivity index (χ3v) is 7.26. The molecule has 0 aliphatic rings. The number of para-hydroxylation sites is 1. The highest BCUT2D eigenvalue weighted by molar-refractivity contribution is 7.92. The van der Waals surface area contributed by atoms with Crippen molar-refractivity contribution in [1.82, 2.24) is 5.43 Å². The number of sulfonamides is 1. The van der Waals surface area contributed by atoms with Crippen LogP contribution in [0.1, 0.15) is 23.6 Å². The molecule has 3 aromatic carbocycles. The molecule has 0 saturated carbocycles. The Morgan fingerprint density at radius 3 is 2.37 bits per heavy atom. The molecule has 0 aliphatic heterocycles. The Bertz CT molecular complexity index is 1420. The number of benzene rings is 3. The average Bonchev–Trinajstić information content (AvgIpc) is 2.92. The summed E-state index contributed by atoms with van der Waals surface area (Å²) in [5.74, 6) is -0.246. The van der Waals surface area contributed by atoms with Crippen LogP contribution in [0.2, 0.25) is 0 Å². The number of hydrogen-bond donors (Lipinski definition) is 1. The van der Waals surface area contributed by atoms with Gasteiger partial charge in [-0.3, -0.25) is 9.10 Å². The summed E-state index contributed by atoms with van der Waals surface area (Å²) in [6, 6.07) is 18.1. The Morgan fingerprint density at radius 2 is 1.71 bits per heavy atom. The van der Waals surface area contributed by atoms with Gasteiger partial charge in [-0.2, -0.15) is 5.10 Å². The predicted molar refractivity (Wildman–Crippen MR) is 143 cm³/mol. The number of methoxy groups -OCH3 is 2. The van der Waals surface area contributed by atoms with E-state index in [4.69, 9.17) is 9.47 Å². The van der Waals surface area contributed by atoms with E-state index in [-0.39, 0.29) is 16.4 Å². The molecule has 0 aliphatic carbocycles. The van der Waals surface area contributed by atoms with Crippen LogP contribution in [0.25, 0.3) is 0 Å². The van der Waals surface area contributed by atoms with Gasteiger partial charge in [0.1, 0.15) is 6.54 Å². The minimum absolute atomic E-state index is 0.0756. The molecular weight excluding hydrogens is 510 g/mol. The standard InChI is InChI=1S/C27H29N3O7S/c1-5-21-8-6-7-9-23(21)30(38(33,34)22-13-10-19(2)11-14-22)18-26(31)29-28-17-20-12-15-24(25(16-20)35-3)37-27(32)36-4/h6-17H,5,18H2,1-4H3,(H,29,31)/b28-17-. The first-order chi connectivity index (χ1) is 18.2. The lowest BCUT2D eigenvalue weighted by Gasteiger charge is -2.25. The number of aryl methyl sites for hydroxylation is 2. The van der Waals surface area contributed by atoms with Crippen LogP contribution in [0.3, 0.4) is 0 Å². The SMILES string of the molecule is CCc1ccccc1N(CC(=O)N/N=C\c1ccc(OC(=O)OC)c(OC)c1)S(=O)(=O)c1ccc(C)cc1. The number of amides is 1. The average molecular weight is 540 g/mol. The number of nitrogens with zero attached hydrogens (tertiary/aromatic N) is 2. The predicted octanol–water partition coefficient (Wildman–Crippen LogP) is 4.06. The van der Waals surface area contributed by atoms with Crippen molar-refractivity contribution in [3.8, 4) is 11.5 Å². The Hall–Kier alpha value is -4.38. The van der Waals surface area contributed by atoms with Gasteiger partial charge in [0.05, 0.1) is 31.0 Å². The molecule has 1 N–H and O–H groups in total. The summed E-state index contributed by atoms with van der Waals surface area (Å²) in [6.07, 6.45) is 1.03. The number of rotatable bonds is 10. The molecule has 0 bridgehead atoms. The fourth-order valence-corrected chi connectivity index (χ4v) is 4.97. The molecule has 0 saturated heterocycles. The van der Waals surface area contributed by atoms with Crippen molar-refractivity contribution < 1.29 is 32.2 Å². The van der Waals surface area contributed by atoms with E-state index in [2.05, 4.69) is 15.3 Å².